The normalized spacial score (nSPS) is 13.1. The topological polar surface area (TPSA) is 38.9 Å². The monoisotopic (exact) mass is 206 g/mol. The first-order valence-corrected chi connectivity index (χ1v) is 4.87. The van der Waals surface area contributed by atoms with E-state index in [0.29, 0.717) is 5.15 Å². The molecular weight excluding hydrogens is 196 g/mol. The van der Waals surface area contributed by atoms with E-state index in [0.717, 1.165) is 16.5 Å². The lowest BCUT2D eigenvalue weighted by molar-refractivity contribution is 0.815. The predicted octanol–water partition coefficient (Wildman–Crippen LogP) is 2.91. The first-order chi connectivity index (χ1) is 6.68. The van der Waals surface area contributed by atoms with E-state index in [2.05, 4.69) is 4.98 Å². The van der Waals surface area contributed by atoms with Crippen LogP contribution in [0.3, 0.4) is 0 Å². The van der Waals surface area contributed by atoms with Crippen LogP contribution in [0.1, 0.15) is 18.5 Å². The Labute approximate surface area is 87.7 Å². The number of nitrogens with zero attached hydrogens (tertiary/aromatic N) is 1. The van der Waals surface area contributed by atoms with Gasteiger partial charge in [0.15, 0.2) is 0 Å². The maximum Gasteiger partial charge on any atom is 0.134 e. The average molecular weight is 207 g/mol. The van der Waals surface area contributed by atoms with Crippen LogP contribution in [0, 0.1) is 0 Å². The van der Waals surface area contributed by atoms with Gasteiger partial charge in [-0.3, -0.25) is 0 Å². The van der Waals surface area contributed by atoms with Crippen molar-refractivity contribution in [2.75, 3.05) is 0 Å². The van der Waals surface area contributed by atoms with Gasteiger partial charge in [0.05, 0.1) is 5.52 Å². The Morgan fingerprint density at radius 3 is 2.79 bits per heavy atom. The summed E-state index contributed by atoms with van der Waals surface area (Å²) >= 11 is 6.01. The zero-order valence-corrected chi connectivity index (χ0v) is 8.62. The number of rotatable bonds is 1. The second-order valence-corrected chi connectivity index (χ2v) is 3.71. The highest BCUT2D eigenvalue weighted by molar-refractivity contribution is 6.30. The van der Waals surface area contributed by atoms with Gasteiger partial charge in [-0.05, 0) is 19.1 Å². The lowest BCUT2D eigenvalue weighted by atomic mass is 10.1. The fourth-order valence-electron chi connectivity index (χ4n) is 1.43. The number of aromatic nitrogens is 1. The molecule has 0 amide bonds. The fourth-order valence-corrected chi connectivity index (χ4v) is 1.75. The third kappa shape index (κ3) is 1.59. The van der Waals surface area contributed by atoms with Crippen molar-refractivity contribution in [3.8, 4) is 0 Å². The fraction of sp³-hybridized carbons (Fsp3) is 0.182. The summed E-state index contributed by atoms with van der Waals surface area (Å²) in [6, 6.07) is 9.77. The summed E-state index contributed by atoms with van der Waals surface area (Å²) in [5.74, 6) is 0. The van der Waals surface area contributed by atoms with Crippen molar-refractivity contribution in [3.05, 3.63) is 41.0 Å². The van der Waals surface area contributed by atoms with Gasteiger partial charge in [0.25, 0.3) is 0 Å². The van der Waals surface area contributed by atoms with Crippen LogP contribution in [0.15, 0.2) is 30.3 Å². The third-order valence-electron chi connectivity index (χ3n) is 2.20. The van der Waals surface area contributed by atoms with Gasteiger partial charge in [0.1, 0.15) is 5.15 Å². The van der Waals surface area contributed by atoms with E-state index in [1.165, 1.54) is 0 Å². The minimum atomic E-state index is -0.0837. The van der Waals surface area contributed by atoms with Gasteiger partial charge >= 0.3 is 0 Å². The SMILES string of the molecule is C[C@@H](N)c1cc2ccccc2nc1Cl. The number of pyridine rings is 1. The lowest BCUT2D eigenvalue weighted by Gasteiger charge is -2.08. The second-order valence-electron chi connectivity index (χ2n) is 3.35. The van der Waals surface area contributed by atoms with Crippen LogP contribution < -0.4 is 5.73 Å². The number of fused-ring (bicyclic) bond motifs is 1. The summed E-state index contributed by atoms with van der Waals surface area (Å²) in [4.78, 5) is 4.28. The van der Waals surface area contributed by atoms with Crippen molar-refractivity contribution < 1.29 is 0 Å². The first kappa shape index (κ1) is 9.44. The zero-order valence-electron chi connectivity index (χ0n) is 7.87. The highest BCUT2D eigenvalue weighted by Crippen LogP contribution is 2.23. The molecule has 1 aromatic carbocycles. The smallest absolute Gasteiger partial charge is 0.134 e. The van der Waals surface area contributed by atoms with Crippen LogP contribution >= 0.6 is 11.6 Å². The number of hydrogen-bond acceptors (Lipinski definition) is 2. The van der Waals surface area contributed by atoms with Crippen LogP contribution in [0.25, 0.3) is 10.9 Å². The summed E-state index contributed by atoms with van der Waals surface area (Å²) in [6.07, 6.45) is 0. The Balaban J connectivity index is 2.71. The molecule has 0 radical (unpaired) electrons. The van der Waals surface area contributed by atoms with Crippen molar-refractivity contribution >= 4 is 22.5 Å². The molecule has 1 aromatic heterocycles. The van der Waals surface area contributed by atoms with E-state index in [-0.39, 0.29) is 6.04 Å². The maximum absolute atomic E-state index is 6.01. The molecule has 0 unspecified atom stereocenters. The molecule has 0 aliphatic rings. The van der Waals surface area contributed by atoms with Crippen molar-refractivity contribution in [2.24, 2.45) is 5.73 Å². The number of halogens is 1. The van der Waals surface area contributed by atoms with E-state index < -0.39 is 0 Å². The molecule has 2 nitrogen and oxygen atoms in total. The molecule has 2 rings (SSSR count). The third-order valence-corrected chi connectivity index (χ3v) is 2.50. The molecule has 1 atom stereocenters. The number of benzene rings is 1. The van der Waals surface area contributed by atoms with Crippen LogP contribution in [-0.4, -0.2) is 4.98 Å². The van der Waals surface area contributed by atoms with E-state index in [4.69, 9.17) is 17.3 Å². The highest BCUT2D eigenvalue weighted by Gasteiger charge is 2.07. The van der Waals surface area contributed by atoms with Crippen LogP contribution in [0.2, 0.25) is 5.15 Å². The van der Waals surface area contributed by atoms with Gasteiger partial charge in [-0.1, -0.05) is 29.8 Å². The van der Waals surface area contributed by atoms with Gasteiger partial charge in [0, 0.05) is 17.0 Å². The molecule has 14 heavy (non-hydrogen) atoms. The predicted molar refractivity (Wildman–Crippen MR) is 59.4 cm³/mol. The Hall–Kier alpha value is -1.12. The summed E-state index contributed by atoms with van der Waals surface area (Å²) in [5, 5.41) is 1.57. The van der Waals surface area contributed by atoms with Gasteiger partial charge in [-0.2, -0.15) is 0 Å². The number of para-hydroxylation sites is 1. The second kappa shape index (κ2) is 3.56. The highest BCUT2D eigenvalue weighted by atomic mass is 35.5. The van der Waals surface area contributed by atoms with Crippen LogP contribution in [-0.2, 0) is 0 Å². The van der Waals surface area contributed by atoms with Crippen molar-refractivity contribution in [2.45, 2.75) is 13.0 Å². The molecule has 0 aliphatic carbocycles. The molecule has 0 aliphatic heterocycles. The largest absolute Gasteiger partial charge is 0.324 e. The first-order valence-electron chi connectivity index (χ1n) is 4.49. The van der Waals surface area contributed by atoms with Crippen LogP contribution in [0.4, 0.5) is 0 Å². The zero-order chi connectivity index (χ0) is 10.1. The Kier molecular flexibility index (Phi) is 2.40. The summed E-state index contributed by atoms with van der Waals surface area (Å²) in [7, 11) is 0. The number of nitrogens with two attached hydrogens (primary N) is 1. The van der Waals surface area contributed by atoms with E-state index >= 15 is 0 Å². The minimum absolute atomic E-state index is 0.0837. The lowest BCUT2D eigenvalue weighted by Crippen LogP contribution is -2.06. The number of hydrogen-bond donors (Lipinski definition) is 1. The average Bonchev–Trinajstić information content (AvgIpc) is 2.16. The molecule has 1 heterocycles. The molecular formula is C11H11ClN2. The molecule has 0 bridgehead atoms. The van der Waals surface area contributed by atoms with Gasteiger partial charge in [-0.25, -0.2) is 4.98 Å². The van der Waals surface area contributed by atoms with Crippen molar-refractivity contribution in [1.82, 2.24) is 4.98 Å². The maximum atomic E-state index is 6.01. The van der Waals surface area contributed by atoms with E-state index in [1.807, 2.05) is 37.3 Å². The standard InChI is InChI=1S/C11H11ClN2/c1-7(13)9-6-8-4-2-3-5-10(8)14-11(9)12/h2-7H,13H2,1H3/t7-/m1/s1. The molecule has 0 saturated heterocycles. The van der Waals surface area contributed by atoms with E-state index in [9.17, 15) is 0 Å². The Morgan fingerprint density at radius 1 is 1.36 bits per heavy atom. The Morgan fingerprint density at radius 2 is 2.07 bits per heavy atom. The minimum Gasteiger partial charge on any atom is -0.324 e. The van der Waals surface area contributed by atoms with Gasteiger partial charge in [0.2, 0.25) is 0 Å². The van der Waals surface area contributed by atoms with Crippen LogP contribution in [0.5, 0.6) is 0 Å². The summed E-state index contributed by atoms with van der Waals surface area (Å²) < 4.78 is 0. The van der Waals surface area contributed by atoms with Gasteiger partial charge < -0.3 is 5.73 Å². The molecule has 72 valence electrons. The molecule has 0 spiro atoms. The summed E-state index contributed by atoms with van der Waals surface area (Å²) in [6.45, 7) is 1.90. The molecule has 0 fully saturated rings. The van der Waals surface area contributed by atoms with E-state index in [1.54, 1.807) is 0 Å². The van der Waals surface area contributed by atoms with Crippen molar-refractivity contribution in [3.63, 3.8) is 0 Å². The quantitative estimate of drug-likeness (QED) is 0.729. The Bertz CT molecular complexity index is 466. The molecule has 3 heteroatoms. The summed E-state index contributed by atoms with van der Waals surface area (Å²) in [5.41, 5.74) is 7.58. The molecule has 0 saturated carbocycles. The molecule has 2 N–H and O–H groups in total. The van der Waals surface area contributed by atoms with Crippen molar-refractivity contribution in [1.29, 1.82) is 0 Å². The van der Waals surface area contributed by atoms with Gasteiger partial charge in [-0.15, -0.1) is 0 Å². The molecule has 2 aromatic rings.